The third kappa shape index (κ3) is 8.58. The number of ether oxygens (including phenoxy) is 1. The van der Waals surface area contributed by atoms with E-state index in [2.05, 4.69) is 15.5 Å². The molecular weight excluding hydrogens is 544 g/mol. The number of nitrogens with zero attached hydrogens (tertiary/aromatic N) is 2. The fourth-order valence-corrected chi connectivity index (χ4v) is 5.63. The highest BCUT2D eigenvalue weighted by atomic mass is 16.6. The summed E-state index contributed by atoms with van der Waals surface area (Å²) in [5.74, 6) is -0.741. The average molecular weight is 591 g/mol. The number of carbonyl (C=O) groups excluding carboxylic acids is 4. The minimum Gasteiger partial charge on any atom is -0.460 e. The van der Waals surface area contributed by atoms with Crippen molar-refractivity contribution in [2.45, 2.75) is 97.8 Å². The van der Waals surface area contributed by atoms with Crippen molar-refractivity contribution in [2.75, 3.05) is 28.2 Å². The SMILES string of the molecule is CC(C)(C)OC(=O)Cc1cccc(NC(=O)NC2CN(C3CCCCC3)c3ccccc3N(CC(=O)C(C)(C)C)C2=O)c1. The van der Waals surface area contributed by atoms with E-state index in [0.717, 1.165) is 31.4 Å². The Balaban J connectivity index is 1.57. The number of urea groups is 1. The molecule has 1 heterocycles. The van der Waals surface area contributed by atoms with E-state index in [1.165, 1.54) is 11.3 Å². The van der Waals surface area contributed by atoms with Gasteiger partial charge in [0.2, 0.25) is 0 Å². The van der Waals surface area contributed by atoms with Crippen LogP contribution in [0.25, 0.3) is 0 Å². The van der Waals surface area contributed by atoms with E-state index in [0.29, 0.717) is 23.5 Å². The lowest BCUT2D eigenvalue weighted by Gasteiger charge is -2.37. The van der Waals surface area contributed by atoms with Gasteiger partial charge in [-0.15, -0.1) is 0 Å². The molecule has 2 N–H and O–H groups in total. The lowest BCUT2D eigenvalue weighted by atomic mass is 9.90. The third-order valence-electron chi connectivity index (χ3n) is 7.84. The van der Waals surface area contributed by atoms with Crippen LogP contribution in [0.4, 0.5) is 21.9 Å². The molecular formula is C34H46N4O5. The van der Waals surface area contributed by atoms with Gasteiger partial charge in [0.1, 0.15) is 11.6 Å². The number of nitrogens with one attached hydrogen (secondary N) is 2. The lowest BCUT2D eigenvalue weighted by molar-refractivity contribution is -0.153. The molecule has 2 aliphatic rings. The van der Waals surface area contributed by atoms with Crippen LogP contribution in [0.1, 0.15) is 79.2 Å². The Morgan fingerprint density at radius 3 is 2.23 bits per heavy atom. The molecule has 4 rings (SSSR count). The molecule has 1 saturated carbocycles. The highest BCUT2D eigenvalue weighted by Crippen LogP contribution is 2.37. The van der Waals surface area contributed by atoms with Crippen LogP contribution in [0.2, 0.25) is 0 Å². The summed E-state index contributed by atoms with van der Waals surface area (Å²) >= 11 is 0. The smallest absolute Gasteiger partial charge is 0.319 e. The van der Waals surface area contributed by atoms with Gasteiger partial charge in [-0.3, -0.25) is 14.4 Å². The van der Waals surface area contributed by atoms with Gasteiger partial charge in [-0.05, 0) is 63.4 Å². The average Bonchev–Trinajstić information content (AvgIpc) is 3.03. The maximum absolute atomic E-state index is 14.1. The van der Waals surface area contributed by atoms with Gasteiger partial charge < -0.3 is 25.2 Å². The number of hydrogen-bond acceptors (Lipinski definition) is 6. The molecule has 3 amide bonds. The van der Waals surface area contributed by atoms with Crippen LogP contribution in [0.15, 0.2) is 48.5 Å². The summed E-state index contributed by atoms with van der Waals surface area (Å²) in [5, 5.41) is 5.74. The molecule has 0 spiro atoms. The largest absolute Gasteiger partial charge is 0.460 e. The van der Waals surface area contributed by atoms with Gasteiger partial charge in [0, 0.05) is 23.7 Å². The maximum Gasteiger partial charge on any atom is 0.319 e. The van der Waals surface area contributed by atoms with Crippen LogP contribution in [0.5, 0.6) is 0 Å². The predicted octanol–water partition coefficient (Wildman–Crippen LogP) is 5.86. The van der Waals surface area contributed by atoms with Crippen molar-refractivity contribution in [1.82, 2.24) is 5.32 Å². The van der Waals surface area contributed by atoms with Crippen LogP contribution < -0.4 is 20.4 Å². The summed E-state index contributed by atoms with van der Waals surface area (Å²) in [6.07, 6.45) is 5.50. The molecule has 0 radical (unpaired) electrons. The van der Waals surface area contributed by atoms with Crippen molar-refractivity contribution in [2.24, 2.45) is 5.41 Å². The molecule has 1 aliphatic heterocycles. The summed E-state index contributed by atoms with van der Waals surface area (Å²) in [6, 6.07) is 13.5. The number of Topliss-reactive ketones (excluding diaryl/α,β-unsaturated/α-hetero) is 1. The van der Waals surface area contributed by atoms with Crippen molar-refractivity contribution in [1.29, 1.82) is 0 Å². The number of ketones is 1. The minimum absolute atomic E-state index is 0.0632. The van der Waals surface area contributed by atoms with Gasteiger partial charge >= 0.3 is 12.0 Å². The lowest BCUT2D eigenvalue weighted by Crippen LogP contribution is -2.55. The molecule has 1 atom stereocenters. The molecule has 43 heavy (non-hydrogen) atoms. The molecule has 1 unspecified atom stereocenters. The van der Waals surface area contributed by atoms with Gasteiger partial charge in [0.05, 0.1) is 24.3 Å². The van der Waals surface area contributed by atoms with Crippen LogP contribution in [0.3, 0.4) is 0 Å². The first-order valence-electron chi connectivity index (χ1n) is 15.3. The molecule has 0 saturated heterocycles. The van der Waals surface area contributed by atoms with Gasteiger partial charge in [-0.1, -0.05) is 64.3 Å². The predicted molar refractivity (Wildman–Crippen MR) is 169 cm³/mol. The van der Waals surface area contributed by atoms with E-state index in [4.69, 9.17) is 4.74 Å². The van der Waals surface area contributed by atoms with E-state index in [9.17, 15) is 19.2 Å². The monoisotopic (exact) mass is 590 g/mol. The molecule has 232 valence electrons. The molecule has 9 heteroatoms. The number of hydrogen-bond donors (Lipinski definition) is 2. The first kappa shape index (κ1) is 32.0. The number of benzene rings is 2. The Hall–Kier alpha value is -3.88. The molecule has 0 bridgehead atoms. The Labute approximate surface area is 255 Å². The first-order chi connectivity index (χ1) is 20.2. The zero-order chi connectivity index (χ0) is 31.4. The Morgan fingerprint density at radius 2 is 1.58 bits per heavy atom. The number of amides is 3. The maximum atomic E-state index is 14.1. The summed E-state index contributed by atoms with van der Waals surface area (Å²) in [4.78, 5) is 56.8. The molecule has 1 aliphatic carbocycles. The molecule has 2 aromatic rings. The number of rotatable bonds is 7. The molecule has 9 nitrogen and oxygen atoms in total. The highest BCUT2D eigenvalue weighted by molar-refractivity contribution is 6.08. The van der Waals surface area contributed by atoms with Gasteiger partial charge in [-0.25, -0.2) is 4.79 Å². The van der Waals surface area contributed by atoms with Crippen LogP contribution >= 0.6 is 0 Å². The normalized spacial score (nSPS) is 18.0. The van der Waals surface area contributed by atoms with Gasteiger partial charge in [0.25, 0.3) is 5.91 Å². The topological polar surface area (TPSA) is 108 Å². The van der Waals surface area contributed by atoms with Crippen molar-refractivity contribution in [3.8, 4) is 0 Å². The van der Waals surface area contributed by atoms with E-state index in [-0.39, 0.29) is 36.7 Å². The van der Waals surface area contributed by atoms with Crippen LogP contribution in [-0.2, 0) is 25.5 Å². The summed E-state index contributed by atoms with van der Waals surface area (Å²) in [7, 11) is 0. The molecule has 2 aromatic carbocycles. The van der Waals surface area contributed by atoms with Crippen LogP contribution in [0, 0.1) is 5.41 Å². The van der Waals surface area contributed by atoms with Crippen molar-refractivity contribution in [3.05, 3.63) is 54.1 Å². The summed E-state index contributed by atoms with van der Waals surface area (Å²) in [5.41, 5.74) is 1.57. The Kier molecular flexibility index (Phi) is 9.82. The van der Waals surface area contributed by atoms with Gasteiger partial charge in [0.15, 0.2) is 5.78 Å². The quantitative estimate of drug-likeness (QED) is 0.391. The van der Waals surface area contributed by atoms with Crippen molar-refractivity contribution < 1.29 is 23.9 Å². The number of anilines is 3. The third-order valence-corrected chi connectivity index (χ3v) is 7.84. The fraction of sp³-hybridized carbons (Fsp3) is 0.529. The zero-order valence-electron chi connectivity index (χ0n) is 26.4. The van der Waals surface area contributed by atoms with Crippen molar-refractivity contribution in [3.63, 3.8) is 0 Å². The summed E-state index contributed by atoms with van der Waals surface area (Å²) < 4.78 is 5.42. The molecule has 0 aromatic heterocycles. The number of para-hydroxylation sites is 2. The summed E-state index contributed by atoms with van der Waals surface area (Å²) in [6.45, 7) is 11.2. The second kappa shape index (κ2) is 13.2. The fourth-order valence-electron chi connectivity index (χ4n) is 5.63. The Bertz CT molecular complexity index is 1340. The van der Waals surface area contributed by atoms with Crippen LogP contribution in [-0.4, -0.2) is 54.5 Å². The number of fused-ring (bicyclic) bond motifs is 1. The van der Waals surface area contributed by atoms with E-state index in [1.54, 1.807) is 24.3 Å². The van der Waals surface area contributed by atoms with E-state index < -0.39 is 23.1 Å². The van der Waals surface area contributed by atoms with Gasteiger partial charge in [-0.2, -0.15) is 0 Å². The minimum atomic E-state index is -0.882. The van der Waals surface area contributed by atoms with E-state index in [1.807, 2.05) is 65.8 Å². The second-order valence-corrected chi connectivity index (χ2v) is 13.6. The van der Waals surface area contributed by atoms with Crippen molar-refractivity contribution >= 4 is 40.8 Å². The molecule has 1 fully saturated rings. The highest BCUT2D eigenvalue weighted by Gasteiger charge is 2.39. The number of carbonyl (C=O) groups is 4. The van der Waals surface area contributed by atoms with E-state index >= 15 is 0 Å². The zero-order valence-corrected chi connectivity index (χ0v) is 26.4. The second-order valence-electron chi connectivity index (χ2n) is 13.6. The first-order valence-corrected chi connectivity index (χ1v) is 15.3. The standard InChI is InChI=1S/C34H46N4O5/c1-33(2,3)29(39)22-38-28-18-11-10-17-27(28)37(25-15-8-7-9-16-25)21-26(31(38)41)36-32(42)35-24-14-12-13-23(19-24)20-30(40)43-34(4,5)6/h10-14,17-19,25-26H,7-9,15-16,20-22H2,1-6H3,(H2,35,36,42). The Morgan fingerprint density at radius 1 is 0.907 bits per heavy atom. The number of esters is 1.